The molecule has 2 N–H and O–H groups in total. The van der Waals surface area contributed by atoms with Crippen molar-refractivity contribution in [3.8, 4) is 0 Å². The molecule has 5 nitrogen and oxygen atoms in total. The van der Waals surface area contributed by atoms with Gasteiger partial charge in [-0.2, -0.15) is 0 Å². The fourth-order valence-electron chi connectivity index (χ4n) is 1.46. The molecule has 0 aromatic heterocycles. The number of carbonyl (C=O) groups excluding carboxylic acids is 2. The first kappa shape index (κ1) is 16.0. The predicted molar refractivity (Wildman–Crippen MR) is 77.1 cm³/mol. The van der Waals surface area contributed by atoms with Crippen LogP contribution in [0.15, 0.2) is 30.3 Å². The van der Waals surface area contributed by atoms with Crippen LogP contribution in [-0.4, -0.2) is 24.6 Å². The number of benzene rings is 1. The quantitative estimate of drug-likeness (QED) is 0.837. The number of hydrogen-bond acceptors (Lipinski definition) is 3. The van der Waals surface area contributed by atoms with Crippen molar-refractivity contribution in [1.82, 2.24) is 10.6 Å². The molecule has 5 heteroatoms. The summed E-state index contributed by atoms with van der Waals surface area (Å²) in [6.07, 6.45) is -0.596. The second-order valence-corrected chi connectivity index (χ2v) is 5.07. The summed E-state index contributed by atoms with van der Waals surface area (Å²) < 4.78 is 5.04. The first-order chi connectivity index (χ1) is 9.49. The zero-order valence-corrected chi connectivity index (χ0v) is 12.2. The molecule has 0 unspecified atom stereocenters. The first-order valence-corrected chi connectivity index (χ1v) is 6.74. The third kappa shape index (κ3) is 6.22. The summed E-state index contributed by atoms with van der Waals surface area (Å²) in [5.41, 5.74) is 0.902. The summed E-state index contributed by atoms with van der Waals surface area (Å²) in [6, 6.07) is 8.76. The summed E-state index contributed by atoms with van der Waals surface area (Å²) in [5, 5.41) is 5.25. The Morgan fingerprint density at radius 3 is 2.40 bits per heavy atom. The maximum atomic E-state index is 11.7. The van der Waals surface area contributed by atoms with E-state index in [4.69, 9.17) is 4.74 Å². The van der Waals surface area contributed by atoms with Gasteiger partial charge in [-0.1, -0.05) is 44.2 Å². The number of nitrogens with one attached hydrogen (secondary N) is 2. The van der Waals surface area contributed by atoms with E-state index < -0.39 is 12.1 Å². The van der Waals surface area contributed by atoms with Crippen molar-refractivity contribution < 1.29 is 14.3 Å². The highest BCUT2D eigenvalue weighted by Crippen LogP contribution is 2.00. The lowest BCUT2D eigenvalue weighted by atomic mass is 10.2. The highest BCUT2D eigenvalue weighted by atomic mass is 16.5. The van der Waals surface area contributed by atoms with Crippen molar-refractivity contribution in [3.05, 3.63) is 35.9 Å². The van der Waals surface area contributed by atoms with Crippen LogP contribution < -0.4 is 10.6 Å². The maximum Gasteiger partial charge on any atom is 0.408 e. The fraction of sp³-hybridized carbons (Fsp3) is 0.467. The number of hydrogen-bond donors (Lipinski definition) is 2. The van der Waals surface area contributed by atoms with E-state index in [0.717, 1.165) is 5.56 Å². The van der Waals surface area contributed by atoms with Crippen molar-refractivity contribution in [2.45, 2.75) is 33.4 Å². The van der Waals surface area contributed by atoms with Crippen LogP contribution in [0.2, 0.25) is 0 Å². The van der Waals surface area contributed by atoms with Gasteiger partial charge in [-0.3, -0.25) is 4.79 Å². The van der Waals surface area contributed by atoms with Gasteiger partial charge in [-0.25, -0.2) is 4.79 Å². The Hall–Kier alpha value is -2.04. The van der Waals surface area contributed by atoms with Gasteiger partial charge in [0.1, 0.15) is 12.6 Å². The Morgan fingerprint density at radius 1 is 1.15 bits per heavy atom. The molecule has 0 radical (unpaired) electrons. The molecular weight excluding hydrogens is 256 g/mol. The molecule has 0 aliphatic carbocycles. The number of ether oxygens (including phenoxy) is 1. The third-order valence-corrected chi connectivity index (χ3v) is 2.62. The topological polar surface area (TPSA) is 67.4 Å². The Balaban J connectivity index is 2.29. The van der Waals surface area contributed by atoms with Gasteiger partial charge in [-0.15, -0.1) is 0 Å². The summed E-state index contributed by atoms with van der Waals surface area (Å²) in [5.74, 6) is 0.159. The van der Waals surface area contributed by atoms with Crippen molar-refractivity contribution >= 4 is 12.0 Å². The van der Waals surface area contributed by atoms with Crippen LogP contribution in [-0.2, 0) is 16.1 Å². The number of alkyl carbamates (subject to hydrolysis) is 1. The van der Waals surface area contributed by atoms with Crippen LogP contribution >= 0.6 is 0 Å². The maximum absolute atomic E-state index is 11.7. The van der Waals surface area contributed by atoms with Gasteiger partial charge in [0.05, 0.1) is 0 Å². The van der Waals surface area contributed by atoms with E-state index in [1.807, 2.05) is 44.2 Å². The molecule has 0 saturated carbocycles. The van der Waals surface area contributed by atoms with Crippen LogP contribution in [0.1, 0.15) is 26.3 Å². The van der Waals surface area contributed by atoms with E-state index in [1.54, 1.807) is 6.92 Å². The minimum absolute atomic E-state index is 0.188. The van der Waals surface area contributed by atoms with Crippen LogP contribution in [0.5, 0.6) is 0 Å². The highest BCUT2D eigenvalue weighted by molar-refractivity contribution is 5.85. The lowest BCUT2D eigenvalue weighted by Crippen LogP contribution is -2.45. The van der Waals surface area contributed by atoms with Gasteiger partial charge in [0, 0.05) is 6.54 Å². The zero-order chi connectivity index (χ0) is 15.0. The molecule has 0 fully saturated rings. The van der Waals surface area contributed by atoms with Crippen molar-refractivity contribution in [2.24, 2.45) is 5.92 Å². The van der Waals surface area contributed by atoms with Crippen LogP contribution in [0.3, 0.4) is 0 Å². The van der Waals surface area contributed by atoms with E-state index in [9.17, 15) is 9.59 Å². The standard InChI is InChI=1S/C15H22N2O3/c1-11(2)9-16-14(18)12(3)17-15(19)20-10-13-7-5-4-6-8-13/h4-8,11-12H,9-10H2,1-3H3,(H,16,18)(H,17,19)/t12-/m1/s1. The minimum atomic E-state index is -0.614. The smallest absolute Gasteiger partial charge is 0.408 e. The molecule has 110 valence electrons. The lowest BCUT2D eigenvalue weighted by Gasteiger charge is -2.15. The molecule has 0 heterocycles. The molecule has 2 amide bonds. The van der Waals surface area contributed by atoms with Crippen molar-refractivity contribution in [2.75, 3.05) is 6.54 Å². The second-order valence-electron chi connectivity index (χ2n) is 5.07. The number of carbonyl (C=O) groups is 2. The van der Waals surface area contributed by atoms with Gasteiger partial charge in [0.25, 0.3) is 0 Å². The Morgan fingerprint density at radius 2 is 1.80 bits per heavy atom. The number of rotatable bonds is 6. The molecule has 0 spiro atoms. The van der Waals surface area contributed by atoms with E-state index in [0.29, 0.717) is 12.5 Å². The lowest BCUT2D eigenvalue weighted by molar-refractivity contribution is -0.122. The summed E-state index contributed by atoms with van der Waals surface area (Å²) in [6.45, 7) is 6.41. The Bertz CT molecular complexity index is 432. The van der Waals surface area contributed by atoms with Gasteiger partial charge in [0.15, 0.2) is 0 Å². The predicted octanol–water partition coefficient (Wildman–Crippen LogP) is 2.07. The number of amides is 2. The van der Waals surface area contributed by atoms with Crippen LogP contribution in [0.4, 0.5) is 4.79 Å². The molecule has 1 aromatic carbocycles. The van der Waals surface area contributed by atoms with Crippen molar-refractivity contribution in [1.29, 1.82) is 0 Å². The SMILES string of the molecule is CC(C)CNC(=O)[C@@H](C)NC(=O)OCc1ccccc1. The van der Waals surface area contributed by atoms with E-state index >= 15 is 0 Å². The monoisotopic (exact) mass is 278 g/mol. The first-order valence-electron chi connectivity index (χ1n) is 6.74. The molecular formula is C15H22N2O3. The molecule has 1 rings (SSSR count). The second kappa shape index (κ2) is 8.19. The summed E-state index contributed by atoms with van der Waals surface area (Å²) in [7, 11) is 0. The van der Waals surface area contributed by atoms with E-state index in [-0.39, 0.29) is 12.5 Å². The van der Waals surface area contributed by atoms with Gasteiger partial charge in [0.2, 0.25) is 5.91 Å². The van der Waals surface area contributed by atoms with Gasteiger partial charge >= 0.3 is 6.09 Å². The molecule has 0 aliphatic rings. The van der Waals surface area contributed by atoms with E-state index in [2.05, 4.69) is 10.6 Å². The molecule has 0 aliphatic heterocycles. The molecule has 20 heavy (non-hydrogen) atoms. The molecule has 0 saturated heterocycles. The van der Waals surface area contributed by atoms with Gasteiger partial charge in [-0.05, 0) is 18.4 Å². The molecule has 1 atom stereocenters. The average Bonchev–Trinajstić information content (AvgIpc) is 2.43. The molecule has 0 bridgehead atoms. The largest absolute Gasteiger partial charge is 0.445 e. The van der Waals surface area contributed by atoms with E-state index in [1.165, 1.54) is 0 Å². The highest BCUT2D eigenvalue weighted by Gasteiger charge is 2.16. The third-order valence-electron chi connectivity index (χ3n) is 2.62. The fourth-order valence-corrected chi connectivity index (χ4v) is 1.46. The Labute approximate surface area is 119 Å². The van der Waals surface area contributed by atoms with Crippen molar-refractivity contribution in [3.63, 3.8) is 0 Å². The Kier molecular flexibility index (Phi) is 6.56. The van der Waals surface area contributed by atoms with Crippen LogP contribution in [0.25, 0.3) is 0 Å². The normalized spacial score (nSPS) is 11.8. The summed E-state index contributed by atoms with van der Waals surface area (Å²) in [4.78, 5) is 23.2. The van der Waals surface area contributed by atoms with Crippen LogP contribution in [0, 0.1) is 5.92 Å². The zero-order valence-electron chi connectivity index (χ0n) is 12.2. The average molecular weight is 278 g/mol. The van der Waals surface area contributed by atoms with Gasteiger partial charge < -0.3 is 15.4 Å². The molecule has 1 aromatic rings. The summed E-state index contributed by atoms with van der Waals surface area (Å²) >= 11 is 0. The minimum Gasteiger partial charge on any atom is -0.445 e.